The van der Waals surface area contributed by atoms with Crippen molar-refractivity contribution in [3.05, 3.63) is 0 Å². The van der Waals surface area contributed by atoms with Crippen molar-refractivity contribution in [2.75, 3.05) is 13.2 Å². The summed E-state index contributed by atoms with van der Waals surface area (Å²) in [6, 6.07) is 0. The Kier molecular flexibility index (Phi) is 8.38. The van der Waals surface area contributed by atoms with E-state index in [1.165, 1.54) is 0 Å². The van der Waals surface area contributed by atoms with Gasteiger partial charge in [-0.3, -0.25) is 9.36 Å². The molecule has 0 rings (SSSR count). The van der Waals surface area contributed by atoms with E-state index in [1.807, 2.05) is 34.6 Å². The summed E-state index contributed by atoms with van der Waals surface area (Å²) in [6.07, 6.45) is 0.409. The molecular formula is C16H33O4P. The Balaban J connectivity index is 5.40. The molecule has 0 aliphatic heterocycles. The molecule has 2 atom stereocenters. The fourth-order valence-electron chi connectivity index (χ4n) is 2.51. The average molecular weight is 320 g/mol. The molecule has 0 amide bonds. The van der Waals surface area contributed by atoms with E-state index in [1.54, 1.807) is 0 Å². The third-order valence-corrected chi connectivity index (χ3v) is 6.47. The molecule has 0 aromatic heterocycles. The Hall–Kier alpha value is -0.180. The van der Waals surface area contributed by atoms with Crippen molar-refractivity contribution in [2.45, 2.75) is 67.5 Å². The molecule has 0 fully saturated rings. The molecule has 0 radical (unpaired) electrons. The summed E-state index contributed by atoms with van der Waals surface area (Å²) >= 11 is 0. The van der Waals surface area contributed by atoms with Crippen LogP contribution in [0.4, 0.5) is 0 Å². The lowest BCUT2D eigenvalue weighted by molar-refractivity contribution is -0.123. The molecule has 0 aliphatic carbocycles. The zero-order valence-corrected chi connectivity index (χ0v) is 15.8. The molecule has 0 spiro atoms. The van der Waals surface area contributed by atoms with Crippen LogP contribution in [0.25, 0.3) is 0 Å². The molecule has 0 saturated heterocycles. The van der Waals surface area contributed by atoms with Gasteiger partial charge in [-0.25, -0.2) is 0 Å². The van der Waals surface area contributed by atoms with E-state index < -0.39 is 7.60 Å². The van der Waals surface area contributed by atoms with Gasteiger partial charge in [-0.1, -0.05) is 41.5 Å². The highest BCUT2D eigenvalue weighted by Gasteiger charge is 2.43. The van der Waals surface area contributed by atoms with E-state index in [2.05, 4.69) is 20.8 Å². The lowest BCUT2D eigenvalue weighted by Gasteiger charge is -2.38. The third-order valence-electron chi connectivity index (χ3n) is 3.88. The molecule has 0 bridgehead atoms. The molecule has 0 saturated carbocycles. The number of carbonyl (C=O) groups excluding carboxylic acids is 1. The van der Waals surface area contributed by atoms with Crippen LogP contribution in [0.5, 0.6) is 0 Å². The smallest absolute Gasteiger partial charge is 0.309 e. The predicted molar refractivity (Wildman–Crippen MR) is 87.7 cm³/mol. The normalized spacial score (nSPS) is 16.0. The summed E-state index contributed by atoms with van der Waals surface area (Å²) in [4.78, 5) is 12.2. The number of Topliss-reactive ketones (excluding diaryl/α,β-unsaturated/α-hetero) is 1. The lowest BCUT2D eigenvalue weighted by atomic mass is 9.75. The van der Waals surface area contributed by atoms with Crippen molar-refractivity contribution in [2.24, 2.45) is 17.3 Å². The van der Waals surface area contributed by atoms with Gasteiger partial charge < -0.3 is 9.05 Å². The second-order valence-corrected chi connectivity index (χ2v) is 9.32. The highest BCUT2D eigenvalue weighted by Crippen LogP contribution is 2.58. The fraction of sp³-hybridized carbons (Fsp3) is 0.938. The standard InChI is InChI=1S/C16H33O4P/c1-9-19-21(18,20-10-2)13(5)14(16(6,7)8)11-15(17)12(3)4/h12-14H,9-11H2,1-8H3/t13-,14-/m1/s1. The van der Waals surface area contributed by atoms with Crippen LogP contribution in [0, 0.1) is 17.3 Å². The molecule has 0 aromatic rings. The molecule has 4 nitrogen and oxygen atoms in total. The number of rotatable bonds is 9. The lowest BCUT2D eigenvalue weighted by Crippen LogP contribution is -2.34. The number of hydrogen-bond donors (Lipinski definition) is 0. The third kappa shape index (κ3) is 6.22. The highest BCUT2D eigenvalue weighted by molar-refractivity contribution is 7.54. The predicted octanol–water partition coefficient (Wildman–Crippen LogP) is 4.92. The summed E-state index contributed by atoms with van der Waals surface area (Å²) < 4.78 is 23.9. The Morgan fingerprint density at radius 3 is 1.76 bits per heavy atom. The zero-order valence-electron chi connectivity index (χ0n) is 14.9. The van der Waals surface area contributed by atoms with Gasteiger partial charge in [-0.05, 0) is 25.2 Å². The first-order chi connectivity index (χ1) is 9.49. The number of carbonyl (C=O) groups is 1. The maximum absolute atomic E-state index is 13.0. The second kappa shape index (κ2) is 8.45. The van der Waals surface area contributed by atoms with E-state index in [9.17, 15) is 9.36 Å². The Morgan fingerprint density at radius 1 is 1.05 bits per heavy atom. The van der Waals surface area contributed by atoms with Crippen molar-refractivity contribution in [1.29, 1.82) is 0 Å². The first kappa shape index (κ1) is 20.8. The maximum atomic E-state index is 13.0. The molecule has 0 N–H and O–H groups in total. The molecule has 0 aliphatic rings. The van der Waals surface area contributed by atoms with Crippen LogP contribution < -0.4 is 0 Å². The van der Waals surface area contributed by atoms with Crippen molar-refractivity contribution >= 4 is 13.4 Å². The molecule has 0 aromatic carbocycles. The Bertz CT molecular complexity index is 361. The average Bonchev–Trinajstić information content (AvgIpc) is 2.33. The molecule has 0 unspecified atom stereocenters. The highest BCUT2D eigenvalue weighted by atomic mass is 31.2. The van der Waals surface area contributed by atoms with Crippen LogP contribution in [0.15, 0.2) is 0 Å². The van der Waals surface area contributed by atoms with Gasteiger partial charge in [0, 0.05) is 12.3 Å². The SMILES string of the molecule is CCOP(=O)(OCC)[C@H](C)[C@@H](CC(=O)C(C)C)C(C)(C)C. The second-order valence-electron chi connectivity index (χ2n) is 6.91. The zero-order chi connectivity index (χ0) is 16.8. The van der Waals surface area contributed by atoms with Crippen molar-refractivity contribution in [1.82, 2.24) is 0 Å². The van der Waals surface area contributed by atoms with E-state index in [4.69, 9.17) is 9.05 Å². The van der Waals surface area contributed by atoms with Crippen LogP contribution >= 0.6 is 7.60 Å². The Labute approximate surface area is 130 Å². The fourth-order valence-corrected chi connectivity index (χ4v) is 4.76. The van der Waals surface area contributed by atoms with Gasteiger partial charge >= 0.3 is 7.60 Å². The summed E-state index contributed by atoms with van der Waals surface area (Å²) in [5.74, 6) is 0.137. The van der Waals surface area contributed by atoms with Crippen molar-refractivity contribution in [3.63, 3.8) is 0 Å². The van der Waals surface area contributed by atoms with Gasteiger partial charge in [-0.15, -0.1) is 0 Å². The number of hydrogen-bond acceptors (Lipinski definition) is 4. The van der Waals surface area contributed by atoms with Crippen LogP contribution in [-0.4, -0.2) is 24.7 Å². The van der Waals surface area contributed by atoms with Crippen LogP contribution in [0.2, 0.25) is 0 Å². The van der Waals surface area contributed by atoms with Gasteiger partial charge in [0.15, 0.2) is 0 Å². The monoisotopic (exact) mass is 320 g/mol. The van der Waals surface area contributed by atoms with Gasteiger partial charge in [-0.2, -0.15) is 0 Å². The van der Waals surface area contributed by atoms with Gasteiger partial charge in [0.2, 0.25) is 0 Å². The van der Waals surface area contributed by atoms with Gasteiger partial charge in [0.25, 0.3) is 0 Å². The molecular weight excluding hydrogens is 287 g/mol. The maximum Gasteiger partial charge on any atom is 0.333 e. The van der Waals surface area contributed by atoms with Crippen LogP contribution in [0.3, 0.4) is 0 Å². The van der Waals surface area contributed by atoms with Crippen molar-refractivity contribution < 1.29 is 18.4 Å². The van der Waals surface area contributed by atoms with Crippen LogP contribution in [-0.2, 0) is 18.4 Å². The van der Waals surface area contributed by atoms with Crippen LogP contribution in [0.1, 0.15) is 61.8 Å². The molecule has 5 heteroatoms. The summed E-state index contributed by atoms with van der Waals surface area (Å²) in [5.41, 5.74) is -0.450. The minimum Gasteiger partial charge on any atom is -0.309 e. The van der Waals surface area contributed by atoms with E-state index in [0.717, 1.165) is 0 Å². The first-order valence-electron chi connectivity index (χ1n) is 7.91. The molecule has 126 valence electrons. The van der Waals surface area contributed by atoms with Gasteiger partial charge in [0.05, 0.1) is 18.9 Å². The summed E-state index contributed by atoms with van der Waals surface area (Å²) in [5, 5.41) is 0. The minimum absolute atomic E-state index is 0.0133. The minimum atomic E-state index is -3.20. The summed E-state index contributed by atoms with van der Waals surface area (Å²) in [7, 11) is -3.20. The Morgan fingerprint density at radius 2 is 1.48 bits per heavy atom. The molecule has 0 heterocycles. The number of ketones is 1. The largest absolute Gasteiger partial charge is 0.333 e. The molecule has 21 heavy (non-hydrogen) atoms. The summed E-state index contributed by atoms with van der Waals surface area (Å²) in [6.45, 7) is 16.2. The van der Waals surface area contributed by atoms with Gasteiger partial charge in [0.1, 0.15) is 5.78 Å². The van der Waals surface area contributed by atoms with E-state index >= 15 is 0 Å². The first-order valence-corrected chi connectivity index (χ1v) is 9.52. The van der Waals surface area contributed by atoms with Crippen molar-refractivity contribution in [3.8, 4) is 0 Å². The van der Waals surface area contributed by atoms with E-state index in [-0.39, 0.29) is 28.7 Å². The van der Waals surface area contributed by atoms with E-state index in [0.29, 0.717) is 19.6 Å². The quantitative estimate of drug-likeness (QED) is 0.566. The topological polar surface area (TPSA) is 52.6 Å².